The van der Waals surface area contributed by atoms with E-state index in [4.69, 9.17) is 0 Å². The van der Waals surface area contributed by atoms with Gasteiger partial charge < -0.3 is 10.0 Å². The van der Waals surface area contributed by atoms with Gasteiger partial charge in [-0.3, -0.25) is 0 Å². The van der Waals surface area contributed by atoms with Gasteiger partial charge in [0.05, 0.1) is 6.61 Å². The van der Waals surface area contributed by atoms with Gasteiger partial charge in [-0.25, -0.2) is 4.39 Å². The fourth-order valence-electron chi connectivity index (χ4n) is 1.69. The maximum Gasteiger partial charge on any atom is 0.123 e. The quantitative estimate of drug-likeness (QED) is 0.776. The Hall–Kier alpha value is -1.35. The van der Waals surface area contributed by atoms with E-state index in [1.165, 1.54) is 12.1 Å². The van der Waals surface area contributed by atoms with Crippen LogP contribution in [0.5, 0.6) is 0 Å². The van der Waals surface area contributed by atoms with Gasteiger partial charge in [-0.1, -0.05) is 6.08 Å². The molecule has 0 aliphatic heterocycles. The Bertz CT molecular complexity index is 363. The summed E-state index contributed by atoms with van der Waals surface area (Å²) in [6.45, 7) is 8.32. The van der Waals surface area contributed by atoms with Crippen LogP contribution in [0.2, 0.25) is 0 Å². The van der Waals surface area contributed by atoms with E-state index in [1.54, 1.807) is 12.1 Å². The van der Waals surface area contributed by atoms with E-state index in [9.17, 15) is 9.50 Å². The van der Waals surface area contributed by atoms with Crippen molar-refractivity contribution in [3.8, 4) is 0 Å². The lowest BCUT2D eigenvalue weighted by molar-refractivity contribution is 0.281. The van der Waals surface area contributed by atoms with Crippen molar-refractivity contribution in [2.24, 2.45) is 0 Å². The summed E-state index contributed by atoms with van der Waals surface area (Å²) in [6.07, 6.45) is 1.80. The fourth-order valence-corrected chi connectivity index (χ4v) is 1.69. The average Bonchev–Trinajstić information content (AvgIpc) is 2.26. The van der Waals surface area contributed by atoms with E-state index >= 15 is 0 Å². The number of rotatable bonds is 5. The number of halogens is 1. The zero-order chi connectivity index (χ0) is 12.1. The molecule has 0 fully saturated rings. The first kappa shape index (κ1) is 12.7. The van der Waals surface area contributed by atoms with E-state index in [-0.39, 0.29) is 18.5 Å². The highest BCUT2D eigenvalue weighted by molar-refractivity contribution is 5.54. The minimum Gasteiger partial charge on any atom is -0.392 e. The van der Waals surface area contributed by atoms with Crippen LogP contribution < -0.4 is 4.90 Å². The SMILES string of the molecule is C=CCN(c1ccc(F)cc1CO)C(C)C. The Morgan fingerprint density at radius 3 is 2.69 bits per heavy atom. The third-order valence-electron chi connectivity index (χ3n) is 2.47. The van der Waals surface area contributed by atoms with Gasteiger partial charge in [0.15, 0.2) is 0 Å². The van der Waals surface area contributed by atoms with Crippen LogP contribution in [0, 0.1) is 5.82 Å². The number of aliphatic hydroxyl groups excluding tert-OH is 1. The van der Waals surface area contributed by atoms with Crippen LogP contribution in [-0.4, -0.2) is 17.7 Å². The molecule has 0 aromatic heterocycles. The zero-order valence-corrected chi connectivity index (χ0v) is 9.78. The third kappa shape index (κ3) is 2.83. The summed E-state index contributed by atoms with van der Waals surface area (Å²) < 4.78 is 13.0. The molecule has 0 radical (unpaired) electrons. The molecule has 1 aromatic carbocycles. The summed E-state index contributed by atoms with van der Waals surface area (Å²) in [7, 11) is 0. The predicted molar refractivity (Wildman–Crippen MR) is 65.0 cm³/mol. The molecule has 0 saturated carbocycles. The Kier molecular flexibility index (Phi) is 4.50. The predicted octanol–water partition coefficient (Wildman–Crippen LogP) is 2.72. The number of anilines is 1. The molecular weight excluding hydrogens is 205 g/mol. The monoisotopic (exact) mass is 223 g/mol. The third-order valence-corrected chi connectivity index (χ3v) is 2.47. The molecule has 88 valence electrons. The van der Waals surface area contributed by atoms with Gasteiger partial charge in [-0.2, -0.15) is 0 Å². The van der Waals surface area contributed by atoms with Crippen LogP contribution in [0.4, 0.5) is 10.1 Å². The van der Waals surface area contributed by atoms with Crippen molar-refractivity contribution < 1.29 is 9.50 Å². The smallest absolute Gasteiger partial charge is 0.123 e. The Morgan fingerprint density at radius 1 is 1.50 bits per heavy atom. The summed E-state index contributed by atoms with van der Waals surface area (Å²) in [5.74, 6) is -0.324. The molecule has 0 aliphatic rings. The summed E-state index contributed by atoms with van der Waals surface area (Å²) in [6, 6.07) is 4.75. The molecule has 3 heteroatoms. The molecule has 0 heterocycles. The number of aliphatic hydroxyl groups is 1. The Balaban J connectivity index is 3.12. The van der Waals surface area contributed by atoms with Gasteiger partial charge >= 0.3 is 0 Å². The zero-order valence-electron chi connectivity index (χ0n) is 9.78. The Labute approximate surface area is 96.0 Å². The highest BCUT2D eigenvalue weighted by Gasteiger charge is 2.13. The maximum atomic E-state index is 13.0. The van der Waals surface area contributed by atoms with E-state index in [0.29, 0.717) is 12.1 Å². The lowest BCUT2D eigenvalue weighted by atomic mass is 10.1. The highest BCUT2D eigenvalue weighted by atomic mass is 19.1. The van der Waals surface area contributed by atoms with E-state index in [2.05, 4.69) is 11.5 Å². The van der Waals surface area contributed by atoms with E-state index < -0.39 is 0 Å². The highest BCUT2D eigenvalue weighted by Crippen LogP contribution is 2.23. The molecule has 16 heavy (non-hydrogen) atoms. The van der Waals surface area contributed by atoms with Crippen molar-refractivity contribution in [3.05, 3.63) is 42.2 Å². The molecule has 0 spiro atoms. The second-order valence-corrected chi connectivity index (χ2v) is 3.97. The lowest BCUT2D eigenvalue weighted by Gasteiger charge is -2.29. The topological polar surface area (TPSA) is 23.5 Å². The average molecular weight is 223 g/mol. The lowest BCUT2D eigenvalue weighted by Crippen LogP contribution is -2.31. The molecule has 2 nitrogen and oxygen atoms in total. The number of hydrogen-bond acceptors (Lipinski definition) is 2. The summed E-state index contributed by atoms with van der Waals surface area (Å²) in [4.78, 5) is 2.07. The number of benzene rings is 1. The largest absolute Gasteiger partial charge is 0.392 e. The maximum absolute atomic E-state index is 13.0. The first-order chi connectivity index (χ1) is 7.60. The van der Waals surface area contributed by atoms with Crippen molar-refractivity contribution in [1.82, 2.24) is 0 Å². The van der Waals surface area contributed by atoms with E-state index in [0.717, 1.165) is 5.69 Å². The van der Waals surface area contributed by atoms with Gasteiger partial charge in [0.25, 0.3) is 0 Å². The normalized spacial score (nSPS) is 10.6. The Morgan fingerprint density at radius 2 is 2.19 bits per heavy atom. The van der Waals surface area contributed by atoms with Gasteiger partial charge in [-0.15, -0.1) is 6.58 Å². The molecule has 1 rings (SSSR count). The van der Waals surface area contributed by atoms with Crippen LogP contribution in [0.25, 0.3) is 0 Å². The molecule has 0 amide bonds. The second kappa shape index (κ2) is 5.66. The molecule has 1 N–H and O–H groups in total. The van der Waals surface area contributed by atoms with Crippen molar-refractivity contribution in [1.29, 1.82) is 0 Å². The molecule has 0 bridgehead atoms. The van der Waals surface area contributed by atoms with Crippen LogP contribution in [0.15, 0.2) is 30.9 Å². The minimum atomic E-state index is -0.324. The summed E-state index contributed by atoms with van der Waals surface area (Å²) >= 11 is 0. The van der Waals surface area contributed by atoms with Crippen LogP contribution in [-0.2, 0) is 6.61 Å². The minimum absolute atomic E-state index is 0.159. The van der Waals surface area contributed by atoms with Gasteiger partial charge in [-0.05, 0) is 32.0 Å². The standard InChI is InChI=1S/C13H18FNO/c1-4-7-15(10(2)3)13-6-5-12(14)8-11(13)9-16/h4-6,8,10,16H,1,7,9H2,2-3H3. The van der Waals surface area contributed by atoms with Crippen molar-refractivity contribution >= 4 is 5.69 Å². The van der Waals surface area contributed by atoms with E-state index in [1.807, 2.05) is 13.8 Å². The molecule has 0 aliphatic carbocycles. The number of nitrogens with zero attached hydrogens (tertiary/aromatic N) is 1. The summed E-state index contributed by atoms with van der Waals surface area (Å²) in [5, 5.41) is 9.22. The molecule has 0 unspecified atom stereocenters. The number of hydrogen-bond donors (Lipinski definition) is 1. The second-order valence-electron chi connectivity index (χ2n) is 3.97. The first-order valence-electron chi connectivity index (χ1n) is 5.37. The molecule has 0 saturated heterocycles. The molecule has 1 aromatic rings. The molecular formula is C13H18FNO. The van der Waals surface area contributed by atoms with Crippen LogP contribution in [0.1, 0.15) is 19.4 Å². The van der Waals surface area contributed by atoms with Crippen molar-refractivity contribution in [2.45, 2.75) is 26.5 Å². The fraction of sp³-hybridized carbons (Fsp3) is 0.385. The van der Waals surface area contributed by atoms with Crippen molar-refractivity contribution in [3.63, 3.8) is 0 Å². The van der Waals surface area contributed by atoms with Crippen LogP contribution in [0.3, 0.4) is 0 Å². The first-order valence-corrected chi connectivity index (χ1v) is 5.37. The molecule has 0 atom stereocenters. The summed E-state index contributed by atoms with van der Waals surface area (Å²) in [5.41, 5.74) is 1.47. The van der Waals surface area contributed by atoms with Gasteiger partial charge in [0.2, 0.25) is 0 Å². The van der Waals surface area contributed by atoms with Gasteiger partial charge in [0, 0.05) is 23.8 Å². The van der Waals surface area contributed by atoms with Crippen molar-refractivity contribution in [2.75, 3.05) is 11.4 Å². The van der Waals surface area contributed by atoms with Crippen LogP contribution >= 0.6 is 0 Å². The van der Waals surface area contributed by atoms with Gasteiger partial charge in [0.1, 0.15) is 5.82 Å².